The van der Waals surface area contributed by atoms with E-state index in [0.29, 0.717) is 27.9 Å². The monoisotopic (exact) mass is 2070 g/mol. The zero-order valence-electron chi connectivity index (χ0n) is 83.1. The van der Waals surface area contributed by atoms with Crippen molar-refractivity contribution in [3.8, 4) is 0 Å². The maximum absolute atomic E-state index is 14.8. The van der Waals surface area contributed by atoms with Crippen LogP contribution in [0.4, 0.5) is 5.69 Å². The lowest BCUT2D eigenvalue weighted by molar-refractivity contribution is -0.140. The van der Waals surface area contributed by atoms with Gasteiger partial charge in [0.2, 0.25) is 100 Å². The first-order valence-corrected chi connectivity index (χ1v) is 48.8. The number of carbonyl (C=O) groups excluding carboxylic acids is 18. The number of carboxylic acids is 3. The second-order valence-electron chi connectivity index (χ2n) is 36.3. The summed E-state index contributed by atoms with van der Waals surface area (Å²) in [5.41, 5.74) is 29.5. The first kappa shape index (κ1) is 122. The maximum atomic E-state index is 14.8. The number of carbonyl (C=O) groups is 21. The number of nitrogens with one attached hydrogen (secondary N) is 19. The molecule has 0 aliphatic carbocycles. The number of rotatable bonds is 62. The van der Waals surface area contributed by atoms with Gasteiger partial charge < -0.3 is 139 Å². The summed E-state index contributed by atoms with van der Waals surface area (Å²) < 4.78 is 0. The molecule has 0 bridgehead atoms. The molecule has 5 rings (SSSR count). The molecule has 146 heavy (non-hydrogen) atoms. The molecular weight excluding hydrogens is 1930 g/mol. The molecule has 804 valence electrons. The van der Waals surface area contributed by atoms with Gasteiger partial charge in [0, 0.05) is 131 Å². The number of H-pyrrole nitrogens is 2. The van der Waals surface area contributed by atoms with Crippen LogP contribution in [0.15, 0.2) is 79.5 Å². The van der Waals surface area contributed by atoms with Crippen LogP contribution in [0, 0.1) is 23.2 Å². The van der Waals surface area contributed by atoms with Crippen molar-refractivity contribution in [2.75, 3.05) is 122 Å². The van der Waals surface area contributed by atoms with Crippen molar-refractivity contribution in [3.05, 3.63) is 96.3 Å². The molecule has 0 unspecified atom stereocenters. The molecule has 11 atom stereocenters. The number of anilines is 1. The van der Waals surface area contributed by atoms with Crippen LogP contribution in [-0.4, -0.2) is 363 Å². The molecule has 32 N–H and O–H groups in total. The summed E-state index contributed by atoms with van der Waals surface area (Å²) in [6.07, 6.45) is 3.31. The number of thioether (sulfide) groups is 1. The van der Waals surface area contributed by atoms with Gasteiger partial charge in [-0.05, 0) is 118 Å². The number of nitrogens with two attached hydrogens (primary N) is 5. The predicted octanol–water partition coefficient (Wildman–Crippen LogP) is -7.25. The summed E-state index contributed by atoms with van der Waals surface area (Å²) in [5, 5.41) is 77.7. The highest BCUT2D eigenvalue weighted by Crippen LogP contribution is 2.22. The standard InChI is InChI=1S/C92H141N29O24S/c1-50(2)35-65(114-84(138)62(15-12-25-100-92(97)98)112-85(139)63(20-22-70(94)122)111-82(136)55-16-18-57(19-17-55)107-72(124)42-102-75(127)45-118-26-28-119(46-76(128)129)30-32-121(48-78(132)133)33-31-120(29-27-118)47-77(130)131)83(137)103-43-73(125)108-67(37-53(7)93)89(143)113-64(21-23-71(95)123)86(140)116-68(38-56-40-101-60-14-11-10-13-59(56)60)87(141)106-54(8)81(135)117-79(52(5)6)91(145)104-44-74(126)109-69(39-58-41-99-49-105-58)90(144)115-66(36-51(3)4)88(142)110-61(80(96)134)24-34-146-9/h10-11,13-14,16-19,40-41,49-52,54,61-69,79,101H,7,12,15,20-39,42-48,93H2,1-6,8-9H3,(H2,94,122)(H2,95,123)(H2,96,134)(H,99,105)(H,102,127)(H,103,137)(H,104,145)(H,106,141)(H,107,124)(H,108,125)(H,109,126)(H,110,142)(H,111,136)(H,112,139)(H,113,143)(H,114,138)(H,115,144)(H,116,140)(H,117,135)(H,128,129)(H,130,131)(H,132,133)(H4,97,98,100)/t54-,61-,62-,63-,64-,65-,66-,67-,68-,69-,79-/m0/s1. The average molecular weight is 2070 g/mol. The van der Waals surface area contributed by atoms with Crippen LogP contribution in [0.25, 0.3) is 10.9 Å². The summed E-state index contributed by atoms with van der Waals surface area (Å²) >= 11 is 1.43. The molecule has 18 amide bonds. The first-order chi connectivity index (χ1) is 68.9. The molecule has 53 nitrogen and oxygen atoms in total. The summed E-state index contributed by atoms with van der Waals surface area (Å²) in [5.74, 6) is -20.7. The summed E-state index contributed by atoms with van der Waals surface area (Å²) in [6, 6.07) is -4.00. The number of primary amides is 3. The molecule has 1 fully saturated rings. The number of imidazole rings is 1. The van der Waals surface area contributed by atoms with Gasteiger partial charge in [0.15, 0.2) is 5.96 Å². The fraction of sp³-hybridized carbons (Fsp3) is 0.554. The zero-order valence-corrected chi connectivity index (χ0v) is 83.9. The molecule has 0 spiro atoms. The summed E-state index contributed by atoms with van der Waals surface area (Å²) in [4.78, 5) is 300. The van der Waals surface area contributed by atoms with Gasteiger partial charge in [0.25, 0.3) is 5.91 Å². The number of fused-ring (bicyclic) bond motifs is 1. The second-order valence-corrected chi connectivity index (χ2v) is 37.3. The highest BCUT2D eigenvalue weighted by molar-refractivity contribution is 7.98. The van der Waals surface area contributed by atoms with Gasteiger partial charge in [-0.1, -0.05) is 66.3 Å². The zero-order chi connectivity index (χ0) is 109. The van der Waals surface area contributed by atoms with Crippen LogP contribution in [-0.2, 0) is 109 Å². The Kier molecular flexibility index (Phi) is 52.1. The molecule has 1 aliphatic heterocycles. The smallest absolute Gasteiger partial charge is 0.317 e. The van der Waals surface area contributed by atoms with E-state index in [2.05, 4.69) is 107 Å². The van der Waals surface area contributed by atoms with Crippen LogP contribution >= 0.6 is 11.8 Å². The maximum Gasteiger partial charge on any atom is 0.317 e. The molecule has 0 radical (unpaired) electrons. The molecule has 54 heteroatoms. The van der Waals surface area contributed by atoms with Crippen molar-refractivity contribution in [2.45, 2.75) is 192 Å². The minimum atomic E-state index is -1.74. The van der Waals surface area contributed by atoms with Crippen molar-refractivity contribution in [1.82, 2.24) is 114 Å². The molecule has 4 aromatic rings. The fourth-order valence-corrected chi connectivity index (χ4v) is 15.6. The normalized spacial score (nSPS) is 15.0. The van der Waals surface area contributed by atoms with Crippen LogP contribution in [0.1, 0.15) is 134 Å². The Morgan fingerprint density at radius 2 is 0.897 bits per heavy atom. The molecule has 2 aromatic carbocycles. The molecule has 1 saturated heterocycles. The van der Waals surface area contributed by atoms with E-state index in [4.69, 9.17) is 34.1 Å². The minimum Gasteiger partial charge on any atom is -0.480 e. The lowest BCUT2D eigenvalue weighted by atomic mass is 10.0. The number of para-hydroxylation sites is 1. The van der Waals surface area contributed by atoms with E-state index < -0.39 is 254 Å². The summed E-state index contributed by atoms with van der Waals surface area (Å²) in [6.45, 7) is 12.6. The number of hydrogen-bond acceptors (Lipinski definition) is 29. The topological polar surface area (TPSA) is 823 Å². The Morgan fingerprint density at radius 1 is 0.452 bits per heavy atom. The largest absolute Gasteiger partial charge is 0.480 e. The third-order valence-corrected chi connectivity index (χ3v) is 23.4. The van der Waals surface area contributed by atoms with Gasteiger partial charge in [0.05, 0.1) is 57.8 Å². The fourth-order valence-electron chi connectivity index (χ4n) is 15.1. The van der Waals surface area contributed by atoms with E-state index in [1.807, 2.05) is 20.1 Å². The van der Waals surface area contributed by atoms with Crippen molar-refractivity contribution < 1.29 is 116 Å². The van der Waals surface area contributed by atoms with Crippen LogP contribution in [0.5, 0.6) is 0 Å². The van der Waals surface area contributed by atoms with E-state index in [0.717, 1.165) is 0 Å². The second kappa shape index (κ2) is 62.6. The number of nitrogens with zero attached hydrogens (tertiary/aromatic N) is 5. The van der Waals surface area contributed by atoms with Crippen molar-refractivity contribution >= 4 is 159 Å². The molecular formula is C92H141N29O24S. The van der Waals surface area contributed by atoms with E-state index in [9.17, 15) is 116 Å². The molecule has 2 aromatic heterocycles. The third-order valence-electron chi connectivity index (χ3n) is 22.7. The van der Waals surface area contributed by atoms with Gasteiger partial charge in [-0.3, -0.25) is 126 Å². The minimum absolute atomic E-state index is 0.0165. The predicted molar refractivity (Wildman–Crippen MR) is 533 cm³/mol. The lowest BCUT2D eigenvalue weighted by Crippen LogP contribution is -2.60. The van der Waals surface area contributed by atoms with Crippen molar-refractivity contribution in [3.63, 3.8) is 0 Å². The van der Waals surface area contributed by atoms with Gasteiger partial charge >= 0.3 is 17.9 Å². The van der Waals surface area contributed by atoms with E-state index in [1.54, 1.807) is 77.8 Å². The molecule has 1 aliphatic rings. The Labute approximate surface area is 847 Å². The summed E-state index contributed by atoms with van der Waals surface area (Å²) in [7, 11) is 0. The first-order valence-electron chi connectivity index (χ1n) is 47.4. The van der Waals surface area contributed by atoms with Gasteiger partial charge in [0.1, 0.15) is 66.5 Å². The Balaban J connectivity index is 1.26. The number of aromatic amines is 2. The number of amides is 18. The number of benzene rings is 2. The quantitative estimate of drug-likeness (QED) is 0.0111. The number of aromatic nitrogens is 3. The van der Waals surface area contributed by atoms with Gasteiger partial charge in [-0.25, -0.2) is 4.98 Å². The number of guanidine groups is 1. The van der Waals surface area contributed by atoms with E-state index in [-0.39, 0.29) is 159 Å². The lowest BCUT2D eigenvalue weighted by Gasteiger charge is -2.32. The highest BCUT2D eigenvalue weighted by Gasteiger charge is 2.38. The van der Waals surface area contributed by atoms with E-state index in [1.165, 1.54) is 55.5 Å². The van der Waals surface area contributed by atoms with Gasteiger partial charge in [-0.2, -0.15) is 11.8 Å². The Bertz CT molecular complexity index is 5150. The Hall–Kier alpha value is -14.9. The van der Waals surface area contributed by atoms with Crippen LogP contribution in [0.2, 0.25) is 0 Å². The number of aliphatic carboxylic acids is 3. The van der Waals surface area contributed by atoms with Crippen LogP contribution < -0.4 is 114 Å². The van der Waals surface area contributed by atoms with Crippen molar-refractivity contribution in [2.24, 2.45) is 46.4 Å². The van der Waals surface area contributed by atoms with E-state index >= 15 is 0 Å². The third kappa shape index (κ3) is 46.2. The highest BCUT2D eigenvalue weighted by atomic mass is 32.2. The molecule has 0 saturated carbocycles. The Morgan fingerprint density at radius 3 is 1.38 bits per heavy atom. The van der Waals surface area contributed by atoms with Crippen molar-refractivity contribution in [1.29, 1.82) is 5.41 Å². The van der Waals surface area contributed by atoms with Gasteiger partial charge in [-0.15, -0.1) is 0 Å². The number of hydrogen-bond donors (Lipinski definition) is 27. The molecule has 3 heterocycles. The average Bonchev–Trinajstić information content (AvgIpc) is 1.69. The SMILES string of the molecule is C=C(N)C[C@H](NC(=O)CNC(=O)[C@H](CC(C)C)NC(=O)[C@H](CCCNC(=N)N)NC(=O)[C@H](CCC(N)=O)NC(=O)c1ccc(NC(=O)CNC(=O)CN2CCN(CC(=O)O)CCN(CC(=O)O)CCN(CC(=O)O)CC2)cc1)C(=O)N[C@@H](CCC(N)=O)C(=O)N[C@@H](Cc1c[nH]c2ccccc12)C(=O)N[C@@H](C)C(=O)N[C@H](C(=O)NCC(=O)N[C@@H](Cc1c[nH]cn1)C(=O)N[C@@H](CC(C)C)C(=O)N[C@@H](CCSC)C(N)=O)C(C)C. The number of carboxylic acid groups (broad SMARTS) is 3. The van der Waals surface area contributed by atoms with Crippen LogP contribution in [0.3, 0.4) is 0 Å².